The maximum atomic E-state index is 9.56. The van der Waals surface area contributed by atoms with Crippen LogP contribution in [0.25, 0.3) is 11.3 Å². The number of nitrogens with zero attached hydrogens (tertiary/aromatic N) is 3. The van der Waals surface area contributed by atoms with Crippen molar-refractivity contribution in [1.29, 1.82) is 5.26 Å². The minimum absolute atomic E-state index is 0.320. The van der Waals surface area contributed by atoms with Gasteiger partial charge < -0.3 is 9.15 Å². The number of fused-ring (bicyclic) bond motifs is 1. The molecule has 124 valence electrons. The van der Waals surface area contributed by atoms with Crippen molar-refractivity contribution in [2.45, 2.75) is 13.2 Å². The van der Waals surface area contributed by atoms with Crippen LogP contribution in [0.2, 0.25) is 0 Å². The zero-order valence-electron chi connectivity index (χ0n) is 13.2. The molecule has 4 rings (SSSR count). The molecular weight excluding hydrogens is 384 g/mol. The number of benzene rings is 1. The second-order valence-corrected chi connectivity index (χ2v) is 6.49. The van der Waals surface area contributed by atoms with Crippen LogP contribution in [-0.2, 0) is 0 Å². The lowest BCUT2D eigenvalue weighted by atomic mass is 9.95. The van der Waals surface area contributed by atoms with Gasteiger partial charge in [-0.2, -0.15) is 10.4 Å². The molecule has 0 radical (unpaired) electrons. The van der Waals surface area contributed by atoms with Gasteiger partial charge in [0.05, 0.1) is 34.4 Å². The number of halogens is 1. The molecule has 3 aromatic rings. The van der Waals surface area contributed by atoms with Gasteiger partial charge in [0.15, 0.2) is 6.23 Å². The molecule has 0 amide bonds. The number of nitrogens with two attached hydrogens (primary N) is 1. The first kappa shape index (κ1) is 15.7. The van der Waals surface area contributed by atoms with Gasteiger partial charge in [-0.1, -0.05) is 15.9 Å². The molecule has 0 aliphatic carbocycles. The molecule has 25 heavy (non-hydrogen) atoms. The molecule has 0 saturated heterocycles. The van der Waals surface area contributed by atoms with Gasteiger partial charge in [0.1, 0.15) is 11.8 Å². The zero-order chi connectivity index (χ0) is 17.6. The fourth-order valence-corrected chi connectivity index (χ4v) is 3.18. The van der Waals surface area contributed by atoms with Gasteiger partial charge in [0.25, 0.3) is 0 Å². The Kier molecular flexibility index (Phi) is 3.71. The number of furan rings is 1. The Labute approximate surface area is 152 Å². The zero-order valence-corrected chi connectivity index (χ0v) is 14.8. The number of hydrogen-bond donors (Lipinski definition) is 1. The molecule has 6 nitrogen and oxygen atoms in total. The van der Waals surface area contributed by atoms with Crippen molar-refractivity contribution in [2.75, 3.05) is 0 Å². The summed E-state index contributed by atoms with van der Waals surface area (Å²) in [5.74, 6) is 1.06. The summed E-state index contributed by atoms with van der Waals surface area (Å²) in [5.41, 5.74) is 9.31. The van der Waals surface area contributed by atoms with Crippen LogP contribution >= 0.6 is 15.9 Å². The summed E-state index contributed by atoms with van der Waals surface area (Å²) in [6.45, 7) is 1.87. The van der Waals surface area contributed by atoms with E-state index >= 15 is 0 Å². The highest BCUT2D eigenvalue weighted by molar-refractivity contribution is 9.10. The summed E-state index contributed by atoms with van der Waals surface area (Å²) < 4.78 is 14.0. The first-order valence-electron chi connectivity index (χ1n) is 7.56. The average Bonchev–Trinajstić information content (AvgIpc) is 3.23. The maximum Gasteiger partial charge on any atom is 0.227 e. The van der Waals surface area contributed by atoms with E-state index in [2.05, 4.69) is 27.1 Å². The Morgan fingerprint density at radius 1 is 1.28 bits per heavy atom. The summed E-state index contributed by atoms with van der Waals surface area (Å²) in [6, 6.07) is 13.4. The SMILES string of the molecule is Cc1nn(-c2ccc(Br)cc2)c2c1C(c1ccco1)=C(C#N)C(N)O2. The number of nitriles is 1. The highest BCUT2D eigenvalue weighted by Gasteiger charge is 2.34. The minimum atomic E-state index is -0.886. The summed E-state index contributed by atoms with van der Waals surface area (Å²) in [6.07, 6.45) is 0.676. The summed E-state index contributed by atoms with van der Waals surface area (Å²) in [5, 5.41) is 14.2. The Hall–Kier alpha value is -2.82. The van der Waals surface area contributed by atoms with Crippen LogP contribution in [0.3, 0.4) is 0 Å². The molecule has 1 atom stereocenters. The minimum Gasteiger partial charge on any atom is -0.464 e. The van der Waals surface area contributed by atoms with Crippen LogP contribution in [0.5, 0.6) is 5.88 Å². The van der Waals surface area contributed by atoms with E-state index in [4.69, 9.17) is 14.9 Å². The second kappa shape index (κ2) is 5.92. The van der Waals surface area contributed by atoms with Crippen molar-refractivity contribution in [3.05, 3.63) is 69.7 Å². The maximum absolute atomic E-state index is 9.56. The molecule has 2 aromatic heterocycles. The standard InChI is InChI=1S/C18H13BrN4O2/c1-10-15-16(14-3-2-8-24-14)13(9-20)17(21)25-18(15)23(22-10)12-6-4-11(19)5-7-12/h2-8,17H,21H2,1H3. The van der Waals surface area contributed by atoms with E-state index in [1.807, 2.05) is 31.2 Å². The molecule has 1 aliphatic heterocycles. The largest absolute Gasteiger partial charge is 0.464 e. The van der Waals surface area contributed by atoms with Crippen molar-refractivity contribution < 1.29 is 9.15 Å². The van der Waals surface area contributed by atoms with E-state index in [-0.39, 0.29) is 0 Å². The van der Waals surface area contributed by atoms with Crippen molar-refractivity contribution in [3.8, 4) is 17.6 Å². The molecule has 1 aromatic carbocycles. The molecule has 0 saturated carbocycles. The predicted octanol–water partition coefficient (Wildman–Crippen LogP) is 3.54. The van der Waals surface area contributed by atoms with Crippen LogP contribution in [0.1, 0.15) is 17.0 Å². The van der Waals surface area contributed by atoms with Crippen LogP contribution in [-0.4, -0.2) is 16.0 Å². The van der Waals surface area contributed by atoms with E-state index in [0.29, 0.717) is 22.8 Å². The Balaban J connectivity index is 1.98. The van der Waals surface area contributed by atoms with Gasteiger partial charge in [-0.25, -0.2) is 4.68 Å². The van der Waals surface area contributed by atoms with E-state index in [1.54, 1.807) is 23.1 Å². The normalized spacial score (nSPS) is 16.3. The topological polar surface area (TPSA) is 90.0 Å². The van der Waals surface area contributed by atoms with Gasteiger partial charge in [-0.15, -0.1) is 0 Å². The highest BCUT2D eigenvalue weighted by Crippen LogP contribution is 2.41. The van der Waals surface area contributed by atoms with Crippen molar-refractivity contribution >= 4 is 21.5 Å². The van der Waals surface area contributed by atoms with E-state index in [1.165, 1.54) is 0 Å². The van der Waals surface area contributed by atoms with Crippen LogP contribution < -0.4 is 10.5 Å². The molecule has 3 heterocycles. The Bertz CT molecular complexity index is 1010. The third-order valence-corrected chi connectivity index (χ3v) is 4.55. The van der Waals surface area contributed by atoms with Crippen LogP contribution in [0, 0.1) is 18.3 Å². The number of hydrogen-bond acceptors (Lipinski definition) is 5. The van der Waals surface area contributed by atoms with Gasteiger partial charge in [0, 0.05) is 4.47 Å². The fraction of sp³-hybridized carbons (Fsp3) is 0.111. The fourth-order valence-electron chi connectivity index (χ4n) is 2.91. The third-order valence-electron chi connectivity index (χ3n) is 4.02. The average molecular weight is 397 g/mol. The van der Waals surface area contributed by atoms with E-state index in [0.717, 1.165) is 21.4 Å². The molecule has 0 bridgehead atoms. The first-order valence-corrected chi connectivity index (χ1v) is 8.35. The number of aryl methyl sites for hydroxylation is 1. The van der Waals surface area contributed by atoms with E-state index in [9.17, 15) is 5.26 Å². The predicted molar refractivity (Wildman–Crippen MR) is 94.9 cm³/mol. The molecular formula is C18H13BrN4O2. The van der Waals surface area contributed by atoms with Crippen molar-refractivity contribution in [2.24, 2.45) is 5.73 Å². The van der Waals surface area contributed by atoms with Crippen LogP contribution in [0.4, 0.5) is 0 Å². The number of ether oxygens (including phenoxy) is 1. The number of aromatic nitrogens is 2. The lowest BCUT2D eigenvalue weighted by Gasteiger charge is -2.23. The lowest BCUT2D eigenvalue weighted by Crippen LogP contribution is -2.33. The van der Waals surface area contributed by atoms with Gasteiger partial charge in [0.2, 0.25) is 5.88 Å². The van der Waals surface area contributed by atoms with Crippen molar-refractivity contribution in [1.82, 2.24) is 9.78 Å². The summed E-state index contributed by atoms with van der Waals surface area (Å²) in [4.78, 5) is 0. The molecule has 0 spiro atoms. The molecule has 7 heteroatoms. The van der Waals surface area contributed by atoms with Gasteiger partial charge in [-0.05, 0) is 43.3 Å². The monoisotopic (exact) mass is 396 g/mol. The second-order valence-electron chi connectivity index (χ2n) is 5.57. The summed E-state index contributed by atoms with van der Waals surface area (Å²) >= 11 is 3.42. The molecule has 2 N–H and O–H groups in total. The first-order chi connectivity index (χ1) is 12.1. The van der Waals surface area contributed by atoms with Crippen molar-refractivity contribution in [3.63, 3.8) is 0 Å². The lowest BCUT2D eigenvalue weighted by molar-refractivity contribution is 0.228. The smallest absolute Gasteiger partial charge is 0.227 e. The number of rotatable bonds is 2. The van der Waals surface area contributed by atoms with Crippen LogP contribution in [0.15, 0.2) is 57.1 Å². The molecule has 1 aliphatic rings. The van der Waals surface area contributed by atoms with Gasteiger partial charge >= 0.3 is 0 Å². The van der Waals surface area contributed by atoms with Gasteiger partial charge in [-0.3, -0.25) is 5.73 Å². The molecule has 1 unspecified atom stereocenters. The Morgan fingerprint density at radius 2 is 2.04 bits per heavy atom. The quantitative estimate of drug-likeness (QED) is 0.715. The highest BCUT2D eigenvalue weighted by atomic mass is 79.9. The third kappa shape index (κ3) is 2.47. The van der Waals surface area contributed by atoms with E-state index < -0.39 is 6.23 Å². The summed E-state index contributed by atoms with van der Waals surface area (Å²) in [7, 11) is 0. The Morgan fingerprint density at radius 3 is 2.68 bits per heavy atom. The molecule has 0 fully saturated rings.